The molecule has 9 heteroatoms. The number of rotatable bonds is 5. The van der Waals surface area contributed by atoms with Gasteiger partial charge >= 0.3 is 0 Å². The topological polar surface area (TPSA) is 59.9 Å². The minimum absolute atomic E-state index is 0.0678. The molecule has 4 aromatic rings. The number of nitrogens with zero attached hydrogens (tertiary/aromatic N) is 6. The molecule has 0 amide bonds. The molecular weight excluding hydrogens is 424 g/mol. The van der Waals surface area contributed by atoms with Gasteiger partial charge < -0.3 is 9.64 Å². The summed E-state index contributed by atoms with van der Waals surface area (Å²) in [5, 5.41) is 5.33. The number of ether oxygens (including phenoxy) is 1. The average molecular weight is 451 g/mol. The second-order valence-corrected chi connectivity index (χ2v) is 8.31. The molecule has 0 aliphatic carbocycles. The molecule has 1 aliphatic rings. The van der Waals surface area contributed by atoms with Crippen molar-refractivity contribution in [3.8, 4) is 5.75 Å². The first kappa shape index (κ1) is 20.7. The van der Waals surface area contributed by atoms with Crippen molar-refractivity contribution in [2.24, 2.45) is 7.05 Å². The number of aryl methyl sites for hydroxylation is 1. The molecule has 166 valence electrons. The van der Waals surface area contributed by atoms with Crippen LogP contribution in [0.2, 0.25) is 0 Å². The number of fused-ring (bicyclic) bond motifs is 3. The maximum absolute atomic E-state index is 12.7. The van der Waals surface area contributed by atoms with Gasteiger partial charge in [-0.2, -0.15) is 0 Å². The van der Waals surface area contributed by atoms with Crippen LogP contribution in [-0.2, 0) is 13.7 Å². The Hall–Kier alpha value is -3.17. The Morgan fingerprint density at radius 2 is 1.75 bits per heavy atom. The fourth-order valence-corrected chi connectivity index (χ4v) is 4.63. The third-order valence-corrected chi connectivity index (χ3v) is 6.41. The van der Waals surface area contributed by atoms with Crippen LogP contribution in [0.15, 0.2) is 53.3 Å². The first-order valence-electron chi connectivity index (χ1n) is 10.8. The van der Waals surface area contributed by atoms with Crippen LogP contribution in [0.25, 0.3) is 16.7 Å². The zero-order valence-corrected chi connectivity index (χ0v) is 19.1. The van der Waals surface area contributed by atoms with E-state index in [1.54, 1.807) is 11.6 Å². The lowest BCUT2D eigenvalue weighted by atomic mass is 10.2. The number of piperazine rings is 1. The lowest BCUT2D eigenvalue weighted by Gasteiger charge is -2.36. The molecule has 1 fully saturated rings. The van der Waals surface area contributed by atoms with Crippen LogP contribution >= 0.6 is 12.2 Å². The van der Waals surface area contributed by atoms with Crippen LogP contribution in [-0.4, -0.2) is 56.4 Å². The van der Waals surface area contributed by atoms with E-state index in [2.05, 4.69) is 21.9 Å². The summed E-state index contributed by atoms with van der Waals surface area (Å²) in [4.78, 5) is 17.4. The fourth-order valence-electron chi connectivity index (χ4n) is 4.35. The van der Waals surface area contributed by atoms with E-state index in [1.165, 1.54) is 0 Å². The van der Waals surface area contributed by atoms with Crippen molar-refractivity contribution in [1.29, 1.82) is 0 Å². The van der Waals surface area contributed by atoms with E-state index in [0.717, 1.165) is 43.1 Å². The Morgan fingerprint density at radius 1 is 1.03 bits per heavy atom. The molecule has 2 aromatic carbocycles. The number of aromatic nitrogens is 4. The number of benzene rings is 2. The van der Waals surface area contributed by atoms with Gasteiger partial charge in [0.05, 0.1) is 29.9 Å². The van der Waals surface area contributed by atoms with Gasteiger partial charge in [0.25, 0.3) is 5.56 Å². The summed E-state index contributed by atoms with van der Waals surface area (Å²) < 4.78 is 11.7. The van der Waals surface area contributed by atoms with Gasteiger partial charge in [-0.05, 0) is 43.4 Å². The van der Waals surface area contributed by atoms with Crippen LogP contribution in [0.1, 0.15) is 6.92 Å². The van der Waals surface area contributed by atoms with Crippen molar-refractivity contribution in [3.05, 3.63) is 63.7 Å². The summed E-state index contributed by atoms with van der Waals surface area (Å²) in [6, 6.07) is 15.7. The van der Waals surface area contributed by atoms with E-state index >= 15 is 0 Å². The van der Waals surface area contributed by atoms with Gasteiger partial charge in [-0.15, -0.1) is 5.10 Å². The number of anilines is 1. The summed E-state index contributed by atoms with van der Waals surface area (Å²) in [5.74, 6) is 1.49. The minimum atomic E-state index is -0.0678. The monoisotopic (exact) mass is 450 g/mol. The molecule has 3 heterocycles. The second kappa shape index (κ2) is 8.40. The van der Waals surface area contributed by atoms with E-state index in [-0.39, 0.29) is 5.56 Å². The fraction of sp³-hybridized carbons (Fsp3) is 0.348. The Labute approximate surface area is 190 Å². The Bertz CT molecular complexity index is 1400. The molecule has 1 saturated heterocycles. The molecule has 0 saturated carbocycles. The first-order valence-corrected chi connectivity index (χ1v) is 11.3. The maximum Gasteiger partial charge on any atom is 0.262 e. The van der Waals surface area contributed by atoms with E-state index in [0.29, 0.717) is 29.2 Å². The van der Waals surface area contributed by atoms with Gasteiger partial charge in [0.2, 0.25) is 10.5 Å². The van der Waals surface area contributed by atoms with Crippen molar-refractivity contribution >= 4 is 34.6 Å². The highest BCUT2D eigenvalue weighted by atomic mass is 32.1. The predicted molar refractivity (Wildman–Crippen MR) is 128 cm³/mol. The van der Waals surface area contributed by atoms with Crippen molar-refractivity contribution in [2.45, 2.75) is 13.6 Å². The summed E-state index contributed by atoms with van der Waals surface area (Å²) in [6.45, 7) is 6.81. The summed E-state index contributed by atoms with van der Waals surface area (Å²) in [5.41, 5.74) is 1.86. The molecule has 0 N–H and O–H groups in total. The molecule has 2 aromatic heterocycles. The minimum Gasteiger partial charge on any atom is -0.492 e. The average Bonchev–Trinajstić information content (AvgIpc) is 3.15. The van der Waals surface area contributed by atoms with E-state index in [1.807, 2.05) is 52.4 Å². The van der Waals surface area contributed by atoms with Gasteiger partial charge in [-0.1, -0.05) is 24.3 Å². The summed E-state index contributed by atoms with van der Waals surface area (Å²) >= 11 is 5.77. The van der Waals surface area contributed by atoms with Gasteiger partial charge in [0.15, 0.2) is 0 Å². The standard InChI is InChI=1S/C23H26N6O2S/c1-3-31-20-11-7-6-10-19(20)27-14-12-26(13-15-27)16-28-23(32)29-18-9-5-4-8-17(18)21(30)25(2)22(29)24-28/h4-11H,3,12-16H2,1-2H3. The predicted octanol–water partition coefficient (Wildman–Crippen LogP) is 2.90. The largest absolute Gasteiger partial charge is 0.492 e. The molecule has 1 aliphatic heterocycles. The highest BCUT2D eigenvalue weighted by molar-refractivity contribution is 7.71. The SMILES string of the molecule is CCOc1ccccc1N1CCN(Cn2nc3n(C)c(=O)c4ccccc4n3c2=S)CC1. The number of para-hydroxylation sites is 3. The smallest absolute Gasteiger partial charge is 0.262 e. The third kappa shape index (κ3) is 3.47. The van der Waals surface area contributed by atoms with Gasteiger partial charge in [0.1, 0.15) is 5.75 Å². The van der Waals surface area contributed by atoms with Crippen LogP contribution < -0.4 is 15.2 Å². The first-order chi connectivity index (χ1) is 15.6. The molecule has 0 unspecified atom stereocenters. The van der Waals surface area contributed by atoms with Crippen LogP contribution in [0.4, 0.5) is 5.69 Å². The summed E-state index contributed by atoms with van der Waals surface area (Å²) in [7, 11) is 1.74. The van der Waals surface area contributed by atoms with Crippen molar-refractivity contribution in [1.82, 2.24) is 23.6 Å². The normalized spacial score (nSPS) is 15.0. The Kier molecular flexibility index (Phi) is 5.44. The second-order valence-electron chi connectivity index (χ2n) is 7.95. The Balaban J connectivity index is 1.39. The van der Waals surface area contributed by atoms with Crippen molar-refractivity contribution in [2.75, 3.05) is 37.7 Å². The lowest BCUT2D eigenvalue weighted by molar-refractivity contribution is 0.194. The van der Waals surface area contributed by atoms with E-state index < -0.39 is 0 Å². The zero-order chi connectivity index (χ0) is 22.2. The van der Waals surface area contributed by atoms with Crippen LogP contribution in [0, 0.1) is 4.77 Å². The molecule has 32 heavy (non-hydrogen) atoms. The lowest BCUT2D eigenvalue weighted by Crippen LogP contribution is -2.47. The molecule has 0 spiro atoms. The number of hydrogen-bond acceptors (Lipinski definition) is 6. The molecule has 0 bridgehead atoms. The Morgan fingerprint density at radius 3 is 2.53 bits per heavy atom. The highest BCUT2D eigenvalue weighted by Crippen LogP contribution is 2.28. The molecule has 0 radical (unpaired) electrons. The van der Waals surface area contributed by atoms with E-state index in [4.69, 9.17) is 22.1 Å². The molecule has 5 rings (SSSR count). The van der Waals surface area contributed by atoms with Crippen molar-refractivity contribution < 1.29 is 4.74 Å². The molecule has 0 atom stereocenters. The molecular formula is C23H26N6O2S. The highest BCUT2D eigenvalue weighted by Gasteiger charge is 2.21. The van der Waals surface area contributed by atoms with Gasteiger partial charge in [-0.3, -0.25) is 18.7 Å². The quantitative estimate of drug-likeness (QED) is 0.436. The van der Waals surface area contributed by atoms with Gasteiger partial charge in [0, 0.05) is 33.2 Å². The van der Waals surface area contributed by atoms with Crippen LogP contribution in [0.5, 0.6) is 5.75 Å². The van der Waals surface area contributed by atoms with Gasteiger partial charge in [-0.25, -0.2) is 4.68 Å². The molecule has 8 nitrogen and oxygen atoms in total. The van der Waals surface area contributed by atoms with Crippen molar-refractivity contribution in [3.63, 3.8) is 0 Å². The maximum atomic E-state index is 12.7. The zero-order valence-electron chi connectivity index (χ0n) is 18.3. The van der Waals surface area contributed by atoms with Crippen LogP contribution in [0.3, 0.4) is 0 Å². The summed E-state index contributed by atoms with van der Waals surface area (Å²) in [6.07, 6.45) is 0. The van der Waals surface area contributed by atoms with E-state index in [9.17, 15) is 4.79 Å². The number of hydrogen-bond donors (Lipinski definition) is 0. The third-order valence-electron chi connectivity index (χ3n) is 6.01.